The van der Waals surface area contributed by atoms with Crippen LogP contribution in [0.2, 0.25) is 0 Å². The predicted molar refractivity (Wildman–Crippen MR) is 60.8 cm³/mol. The van der Waals surface area contributed by atoms with Gasteiger partial charge in [0, 0.05) is 31.6 Å². The molecule has 84 valence electrons. The van der Waals surface area contributed by atoms with Crippen LogP contribution in [-0.4, -0.2) is 49.0 Å². The maximum atomic E-state index is 8.89. The van der Waals surface area contributed by atoms with E-state index in [9.17, 15) is 0 Å². The topological polar surface area (TPSA) is 41.5 Å². The minimum absolute atomic E-state index is 0.237. The molecular weight excluding hydrogens is 198 g/mol. The second-order valence-corrected chi connectivity index (χ2v) is 4.90. The number of nitrogens with one attached hydrogen (secondary N) is 1. The minimum Gasteiger partial charge on any atom is -0.396 e. The maximum absolute atomic E-state index is 8.89. The number of hydrogen-bond acceptors (Lipinski definition) is 4. The van der Waals surface area contributed by atoms with Gasteiger partial charge in [0.2, 0.25) is 0 Å². The largest absolute Gasteiger partial charge is 0.396 e. The number of ether oxygens (including phenoxy) is 1. The highest BCUT2D eigenvalue weighted by molar-refractivity contribution is 7.99. The SMILES string of the molecule is COCC(CCO)NC1CCCSC1. The van der Waals surface area contributed by atoms with E-state index in [2.05, 4.69) is 5.32 Å². The first-order chi connectivity index (χ1) is 6.86. The molecule has 0 bridgehead atoms. The van der Waals surface area contributed by atoms with Crippen molar-refractivity contribution < 1.29 is 9.84 Å². The van der Waals surface area contributed by atoms with Crippen molar-refractivity contribution in [2.45, 2.75) is 31.3 Å². The van der Waals surface area contributed by atoms with Gasteiger partial charge in [-0.1, -0.05) is 0 Å². The quantitative estimate of drug-likeness (QED) is 0.695. The van der Waals surface area contributed by atoms with E-state index in [1.54, 1.807) is 7.11 Å². The second-order valence-electron chi connectivity index (χ2n) is 3.75. The lowest BCUT2D eigenvalue weighted by Crippen LogP contribution is -2.44. The van der Waals surface area contributed by atoms with Gasteiger partial charge in [-0.2, -0.15) is 11.8 Å². The lowest BCUT2D eigenvalue weighted by Gasteiger charge is -2.27. The van der Waals surface area contributed by atoms with Crippen molar-refractivity contribution in [2.75, 3.05) is 31.8 Å². The highest BCUT2D eigenvalue weighted by Gasteiger charge is 2.17. The summed E-state index contributed by atoms with van der Waals surface area (Å²) in [5, 5.41) is 12.4. The van der Waals surface area contributed by atoms with E-state index in [-0.39, 0.29) is 6.61 Å². The standard InChI is InChI=1S/C10H21NO2S/c1-13-7-9(4-5-12)11-10-3-2-6-14-8-10/h9-12H,2-8H2,1H3. The van der Waals surface area contributed by atoms with Crippen molar-refractivity contribution in [1.29, 1.82) is 0 Å². The van der Waals surface area contributed by atoms with E-state index < -0.39 is 0 Å². The van der Waals surface area contributed by atoms with Gasteiger partial charge >= 0.3 is 0 Å². The zero-order chi connectivity index (χ0) is 10.2. The molecule has 1 aliphatic heterocycles. The van der Waals surface area contributed by atoms with Crippen LogP contribution in [0.5, 0.6) is 0 Å². The Labute approximate surface area is 90.6 Å². The summed E-state index contributed by atoms with van der Waals surface area (Å²) in [6.07, 6.45) is 3.36. The van der Waals surface area contributed by atoms with Gasteiger partial charge in [-0.25, -0.2) is 0 Å². The third kappa shape index (κ3) is 4.64. The van der Waals surface area contributed by atoms with Crippen molar-refractivity contribution in [3.05, 3.63) is 0 Å². The number of aliphatic hydroxyl groups is 1. The van der Waals surface area contributed by atoms with Crippen LogP contribution in [0.1, 0.15) is 19.3 Å². The zero-order valence-electron chi connectivity index (χ0n) is 8.87. The third-order valence-corrected chi connectivity index (χ3v) is 3.69. The fraction of sp³-hybridized carbons (Fsp3) is 1.00. The summed E-state index contributed by atoms with van der Waals surface area (Å²) in [7, 11) is 1.71. The molecule has 0 aromatic carbocycles. The van der Waals surface area contributed by atoms with Crippen LogP contribution in [0, 0.1) is 0 Å². The highest BCUT2D eigenvalue weighted by Crippen LogP contribution is 2.17. The molecule has 0 radical (unpaired) electrons. The van der Waals surface area contributed by atoms with Crippen molar-refractivity contribution in [3.63, 3.8) is 0 Å². The molecule has 2 atom stereocenters. The Morgan fingerprint density at radius 2 is 2.50 bits per heavy atom. The van der Waals surface area contributed by atoms with Crippen LogP contribution in [0.3, 0.4) is 0 Å². The van der Waals surface area contributed by atoms with Gasteiger partial charge in [-0.05, 0) is 25.0 Å². The molecule has 4 heteroatoms. The average Bonchev–Trinajstić information content (AvgIpc) is 2.20. The van der Waals surface area contributed by atoms with Crippen molar-refractivity contribution >= 4 is 11.8 Å². The highest BCUT2D eigenvalue weighted by atomic mass is 32.2. The minimum atomic E-state index is 0.237. The molecule has 14 heavy (non-hydrogen) atoms. The summed E-state index contributed by atoms with van der Waals surface area (Å²) in [6, 6.07) is 0.925. The zero-order valence-corrected chi connectivity index (χ0v) is 9.68. The molecular formula is C10H21NO2S. The van der Waals surface area contributed by atoms with Crippen LogP contribution in [0.15, 0.2) is 0 Å². The van der Waals surface area contributed by atoms with Crippen LogP contribution in [-0.2, 0) is 4.74 Å². The summed E-state index contributed by atoms with van der Waals surface area (Å²) >= 11 is 2.02. The Morgan fingerprint density at radius 1 is 1.64 bits per heavy atom. The molecule has 1 aliphatic rings. The average molecular weight is 219 g/mol. The molecule has 0 aliphatic carbocycles. The predicted octanol–water partition coefficient (Wildman–Crippen LogP) is 0.869. The normalized spacial score (nSPS) is 24.9. The molecule has 0 aromatic heterocycles. The smallest absolute Gasteiger partial charge is 0.0616 e. The Kier molecular flexibility index (Phi) is 6.60. The number of rotatable bonds is 6. The number of aliphatic hydroxyl groups excluding tert-OH is 1. The van der Waals surface area contributed by atoms with Gasteiger partial charge < -0.3 is 15.2 Å². The first-order valence-electron chi connectivity index (χ1n) is 5.30. The Bertz CT molecular complexity index is 134. The van der Waals surface area contributed by atoms with Crippen LogP contribution >= 0.6 is 11.8 Å². The molecule has 1 rings (SSSR count). The van der Waals surface area contributed by atoms with E-state index in [1.165, 1.54) is 24.3 Å². The van der Waals surface area contributed by atoms with Crippen LogP contribution in [0.25, 0.3) is 0 Å². The molecule has 1 fully saturated rings. The molecule has 0 amide bonds. The Hall–Kier alpha value is 0.230. The molecule has 2 unspecified atom stereocenters. The van der Waals surface area contributed by atoms with Crippen LogP contribution in [0.4, 0.5) is 0 Å². The number of thioether (sulfide) groups is 1. The van der Waals surface area contributed by atoms with E-state index >= 15 is 0 Å². The summed E-state index contributed by atoms with van der Waals surface area (Å²) in [5.41, 5.74) is 0. The first-order valence-corrected chi connectivity index (χ1v) is 6.46. The molecule has 1 heterocycles. The molecule has 1 saturated heterocycles. The number of hydrogen-bond donors (Lipinski definition) is 2. The summed E-state index contributed by atoms with van der Waals surface area (Å²) < 4.78 is 5.12. The van der Waals surface area contributed by atoms with Gasteiger partial charge in [-0.3, -0.25) is 0 Å². The maximum Gasteiger partial charge on any atom is 0.0616 e. The van der Waals surface area contributed by atoms with Gasteiger partial charge in [0.05, 0.1) is 6.61 Å². The fourth-order valence-electron chi connectivity index (χ4n) is 1.78. The second kappa shape index (κ2) is 7.51. The van der Waals surface area contributed by atoms with Gasteiger partial charge in [0.15, 0.2) is 0 Å². The molecule has 0 aromatic rings. The van der Waals surface area contributed by atoms with Crippen molar-refractivity contribution in [2.24, 2.45) is 0 Å². The monoisotopic (exact) mass is 219 g/mol. The fourth-order valence-corrected chi connectivity index (χ4v) is 2.86. The summed E-state index contributed by atoms with van der Waals surface area (Å²) in [6.45, 7) is 0.933. The summed E-state index contributed by atoms with van der Waals surface area (Å²) in [5.74, 6) is 2.50. The van der Waals surface area contributed by atoms with E-state index in [1.807, 2.05) is 11.8 Å². The van der Waals surface area contributed by atoms with Gasteiger partial charge in [0.25, 0.3) is 0 Å². The van der Waals surface area contributed by atoms with E-state index in [0.717, 1.165) is 6.42 Å². The number of methoxy groups -OCH3 is 1. The first kappa shape index (κ1) is 12.3. The lowest BCUT2D eigenvalue weighted by atomic mass is 10.1. The third-order valence-electron chi connectivity index (χ3n) is 2.48. The lowest BCUT2D eigenvalue weighted by molar-refractivity contribution is 0.143. The molecule has 2 N–H and O–H groups in total. The van der Waals surface area contributed by atoms with E-state index in [4.69, 9.17) is 9.84 Å². The molecule has 3 nitrogen and oxygen atoms in total. The van der Waals surface area contributed by atoms with Gasteiger partial charge in [0.1, 0.15) is 0 Å². The van der Waals surface area contributed by atoms with Crippen LogP contribution < -0.4 is 5.32 Å². The Balaban J connectivity index is 2.21. The Morgan fingerprint density at radius 3 is 3.07 bits per heavy atom. The van der Waals surface area contributed by atoms with Crippen molar-refractivity contribution in [3.8, 4) is 0 Å². The summed E-state index contributed by atoms with van der Waals surface area (Å²) in [4.78, 5) is 0. The van der Waals surface area contributed by atoms with Gasteiger partial charge in [-0.15, -0.1) is 0 Å². The molecule has 0 spiro atoms. The molecule has 0 saturated carbocycles. The van der Waals surface area contributed by atoms with E-state index in [0.29, 0.717) is 18.7 Å². The van der Waals surface area contributed by atoms with Crippen molar-refractivity contribution in [1.82, 2.24) is 5.32 Å².